The summed E-state index contributed by atoms with van der Waals surface area (Å²) in [4.78, 5) is 0. The first-order valence-electron chi connectivity index (χ1n) is 6.92. The molecule has 0 saturated heterocycles. The highest BCUT2D eigenvalue weighted by atomic mass is 19.1. The van der Waals surface area contributed by atoms with Gasteiger partial charge in [-0.3, -0.25) is 0 Å². The summed E-state index contributed by atoms with van der Waals surface area (Å²) in [5.41, 5.74) is 7.45. The number of hydrogen-bond acceptors (Lipinski definition) is 1. The van der Waals surface area contributed by atoms with Crippen molar-refractivity contribution in [2.75, 3.05) is 5.73 Å². The number of rotatable bonds is 5. The van der Waals surface area contributed by atoms with E-state index in [4.69, 9.17) is 5.73 Å². The molecule has 2 N–H and O–H groups in total. The Morgan fingerprint density at radius 3 is 2.45 bits per heavy atom. The summed E-state index contributed by atoms with van der Waals surface area (Å²) in [5.74, 6) is -0.506. The molecule has 106 valence electrons. The maximum Gasteiger partial charge on any atom is 0.137 e. The van der Waals surface area contributed by atoms with E-state index in [1.807, 2.05) is 6.92 Å². The molecule has 0 bridgehead atoms. The molecule has 0 amide bonds. The van der Waals surface area contributed by atoms with Crippen LogP contribution >= 0.6 is 0 Å². The molecule has 2 aromatic carbocycles. The van der Waals surface area contributed by atoms with Gasteiger partial charge < -0.3 is 5.73 Å². The monoisotopic (exact) mass is 275 g/mol. The van der Waals surface area contributed by atoms with Gasteiger partial charge in [0.2, 0.25) is 0 Å². The average Bonchev–Trinajstić information content (AvgIpc) is 2.46. The second kappa shape index (κ2) is 6.51. The highest BCUT2D eigenvalue weighted by Gasteiger charge is 2.18. The van der Waals surface area contributed by atoms with E-state index in [-0.39, 0.29) is 5.56 Å². The predicted molar refractivity (Wildman–Crippen MR) is 79.6 cm³/mol. The van der Waals surface area contributed by atoms with Crippen molar-refractivity contribution in [3.8, 4) is 11.1 Å². The smallest absolute Gasteiger partial charge is 0.137 e. The van der Waals surface area contributed by atoms with Gasteiger partial charge in [0.05, 0.1) is 0 Å². The molecule has 1 nitrogen and oxygen atoms in total. The number of hydrogen-bond donors (Lipinski definition) is 1. The maximum absolute atomic E-state index is 14.5. The van der Waals surface area contributed by atoms with Crippen molar-refractivity contribution in [2.45, 2.75) is 32.4 Å². The lowest BCUT2D eigenvalue weighted by Gasteiger charge is -2.13. The summed E-state index contributed by atoms with van der Waals surface area (Å²) in [7, 11) is 0. The van der Waals surface area contributed by atoms with Gasteiger partial charge in [-0.2, -0.15) is 0 Å². The van der Waals surface area contributed by atoms with Gasteiger partial charge in [-0.05, 0) is 12.5 Å². The summed E-state index contributed by atoms with van der Waals surface area (Å²) < 4.78 is 28.6. The molecule has 2 aromatic rings. The van der Waals surface area contributed by atoms with E-state index in [0.29, 0.717) is 23.2 Å². The lowest BCUT2D eigenvalue weighted by molar-refractivity contribution is 0.306. The van der Waals surface area contributed by atoms with Gasteiger partial charge in [-0.1, -0.05) is 56.2 Å². The Morgan fingerprint density at radius 2 is 1.75 bits per heavy atom. The van der Waals surface area contributed by atoms with Crippen LogP contribution in [-0.4, -0.2) is 0 Å². The van der Waals surface area contributed by atoms with Crippen LogP contribution in [0.1, 0.15) is 37.9 Å². The minimum Gasteiger partial charge on any atom is -0.398 e. The van der Waals surface area contributed by atoms with E-state index in [1.165, 1.54) is 6.07 Å². The van der Waals surface area contributed by atoms with E-state index in [9.17, 15) is 8.78 Å². The summed E-state index contributed by atoms with van der Waals surface area (Å²) in [6, 6.07) is 11.9. The first kappa shape index (κ1) is 14.5. The van der Waals surface area contributed by atoms with Crippen LogP contribution in [0.4, 0.5) is 14.5 Å². The van der Waals surface area contributed by atoms with Crippen molar-refractivity contribution in [3.05, 3.63) is 53.8 Å². The molecule has 1 unspecified atom stereocenters. The van der Waals surface area contributed by atoms with E-state index < -0.39 is 12.0 Å². The largest absolute Gasteiger partial charge is 0.398 e. The van der Waals surface area contributed by atoms with Crippen LogP contribution in [0, 0.1) is 5.82 Å². The molecule has 0 saturated carbocycles. The van der Waals surface area contributed by atoms with E-state index in [0.717, 1.165) is 12.8 Å². The normalized spacial score (nSPS) is 12.3. The van der Waals surface area contributed by atoms with E-state index in [2.05, 4.69) is 0 Å². The Kier molecular flexibility index (Phi) is 4.72. The fraction of sp³-hybridized carbons (Fsp3) is 0.294. The molecule has 20 heavy (non-hydrogen) atoms. The SMILES string of the molecule is CCCCC(F)c1cccc(-c2ccccc2N)c1F. The zero-order chi connectivity index (χ0) is 14.5. The van der Waals surface area contributed by atoms with Crippen LogP contribution in [0.5, 0.6) is 0 Å². The van der Waals surface area contributed by atoms with Crippen molar-refractivity contribution in [1.29, 1.82) is 0 Å². The number of alkyl halides is 1. The molecule has 0 aromatic heterocycles. The van der Waals surface area contributed by atoms with Crippen molar-refractivity contribution in [3.63, 3.8) is 0 Å². The van der Waals surface area contributed by atoms with Gasteiger partial charge in [0.1, 0.15) is 12.0 Å². The Labute approximate surface area is 118 Å². The Bertz CT molecular complexity index is 581. The van der Waals surface area contributed by atoms with E-state index >= 15 is 0 Å². The number of nitrogens with two attached hydrogens (primary N) is 1. The minimum absolute atomic E-state index is 0.124. The van der Waals surface area contributed by atoms with Gasteiger partial charge in [-0.25, -0.2) is 8.78 Å². The molecule has 3 heteroatoms. The van der Waals surface area contributed by atoms with Gasteiger partial charge in [0, 0.05) is 22.4 Å². The lowest BCUT2D eigenvalue weighted by atomic mass is 9.97. The van der Waals surface area contributed by atoms with Crippen molar-refractivity contribution in [2.24, 2.45) is 0 Å². The van der Waals surface area contributed by atoms with Crippen LogP contribution in [0.2, 0.25) is 0 Å². The number of para-hydroxylation sites is 1. The Hall–Kier alpha value is -1.90. The third kappa shape index (κ3) is 2.98. The molecule has 0 aliphatic heterocycles. The summed E-state index contributed by atoms with van der Waals surface area (Å²) in [6.45, 7) is 1.99. The van der Waals surface area contributed by atoms with Crippen LogP contribution < -0.4 is 5.73 Å². The molecule has 1 atom stereocenters. The van der Waals surface area contributed by atoms with Crippen LogP contribution in [0.3, 0.4) is 0 Å². The molecule has 0 spiro atoms. The summed E-state index contributed by atoms with van der Waals surface area (Å²) in [6.07, 6.45) is 0.729. The zero-order valence-electron chi connectivity index (χ0n) is 11.6. The van der Waals surface area contributed by atoms with Gasteiger partial charge in [0.15, 0.2) is 0 Å². The number of nitrogen functional groups attached to an aromatic ring is 1. The summed E-state index contributed by atoms with van der Waals surface area (Å²) in [5, 5.41) is 0. The molecule has 0 fully saturated rings. The van der Waals surface area contributed by atoms with E-state index in [1.54, 1.807) is 36.4 Å². The average molecular weight is 275 g/mol. The molecule has 0 aliphatic carbocycles. The third-order valence-electron chi connectivity index (χ3n) is 3.43. The molecule has 2 rings (SSSR count). The maximum atomic E-state index is 14.5. The lowest BCUT2D eigenvalue weighted by Crippen LogP contribution is -1.99. The first-order chi connectivity index (χ1) is 9.65. The molecule has 0 aliphatic rings. The van der Waals surface area contributed by atoms with Crippen LogP contribution in [-0.2, 0) is 0 Å². The second-order valence-corrected chi connectivity index (χ2v) is 4.91. The number of halogens is 2. The number of unbranched alkanes of at least 4 members (excludes halogenated alkanes) is 1. The molecular weight excluding hydrogens is 256 g/mol. The van der Waals surface area contributed by atoms with Gasteiger partial charge in [0.25, 0.3) is 0 Å². The van der Waals surface area contributed by atoms with Crippen molar-refractivity contribution >= 4 is 5.69 Å². The zero-order valence-corrected chi connectivity index (χ0v) is 11.6. The Balaban J connectivity index is 2.40. The van der Waals surface area contributed by atoms with Gasteiger partial charge in [-0.15, -0.1) is 0 Å². The van der Waals surface area contributed by atoms with Gasteiger partial charge >= 0.3 is 0 Å². The highest BCUT2D eigenvalue weighted by molar-refractivity contribution is 5.77. The predicted octanol–water partition coefficient (Wildman–Crippen LogP) is 5.28. The first-order valence-corrected chi connectivity index (χ1v) is 6.92. The van der Waals surface area contributed by atoms with Crippen molar-refractivity contribution in [1.82, 2.24) is 0 Å². The fourth-order valence-corrected chi connectivity index (χ4v) is 2.28. The standard InChI is InChI=1S/C17H19F2N/c1-2-3-10-15(18)14-9-6-8-13(17(14)19)12-7-4-5-11-16(12)20/h4-9,11,15H,2-3,10,20H2,1H3. The van der Waals surface area contributed by atoms with Crippen LogP contribution in [0.25, 0.3) is 11.1 Å². The number of anilines is 1. The fourth-order valence-electron chi connectivity index (χ4n) is 2.28. The topological polar surface area (TPSA) is 26.0 Å². The second-order valence-electron chi connectivity index (χ2n) is 4.91. The number of benzene rings is 2. The minimum atomic E-state index is -1.26. The molecular formula is C17H19F2N. The van der Waals surface area contributed by atoms with Crippen molar-refractivity contribution < 1.29 is 8.78 Å². The highest BCUT2D eigenvalue weighted by Crippen LogP contribution is 2.34. The van der Waals surface area contributed by atoms with Crippen LogP contribution in [0.15, 0.2) is 42.5 Å². The molecule has 0 radical (unpaired) electrons. The third-order valence-corrected chi connectivity index (χ3v) is 3.43. The summed E-state index contributed by atoms with van der Waals surface area (Å²) >= 11 is 0. The quantitative estimate of drug-likeness (QED) is 0.738. The Morgan fingerprint density at radius 1 is 1.05 bits per heavy atom. The molecule has 0 heterocycles.